The fourth-order valence-corrected chi connectivity index (χ4v) is 3.85. The molecule has 2 amide bonds. The van der Waals surface area contributed by atoms with E-state index in [1.165, 1.54) is 10.5 Å². The lowest BCUT2D eigenvalue weighted by Crippen LogP contribution is -2.35. The van der Waals surface area contributed by atoms with Crippen LogP contribution in [0.3, 0.4) is 0 Å². The number of benzene rings is 3. The largest absolute Gasteiger partial charge is 0.332 e. The van der Waals surface area contributed by atoms with Gasteiger partial charge in [0.2, 0.25) is 5.91 Å². The molecule has 0 aliphatic heterocycles. The summed E-state index contributed by atoms with van der Waals surface area (Å²) in [6.45, 7) is -0.00539. The van der Waals surface area contributed by atoms with Crippen LogP contribution in [0.2, 0.25) is 0 Å². The van der Waals surface area contributed by atoms with Crippen LogP contribution in [0.25, 0.3) is 0 Å². The van der Waals surface area contributed by atoms with Crippen molar-refractivity contribution in [1.29, 1.82) is 0 Å². The lowest BCUT2D eigenvalue weighted by molar-refractivity contribution is -0.116. The summed E-state index contributed by atoms with van der Waals surface area (Å²) in [4.78, 5) is 28.0. The third-order valence-electron chi connectivity index (χ3n) is 4.88. The van der Waals surface area contributed by atoms with E-state index in [1.54, 1.807) is 18.8 Å². The van der Waals surface area contributed by atoms with E-state index in [4.69, 9.17) is 0 Å². The number of hydrogen-bond acceptors (Lipinski definition) is 3. The molecule has 0 radical (unpaired) electrons. The first-order valence-electron chi connectivity index (χ1n) is 9.88. The summed E-state index contributed by atoms with van der Waals surface area (Å²) in [6, 6.07) is 25.5. The van der Waals surface area contributed by atoms with E-state index in [1.807, 2.05) is 73.0 Å². The van der Waals surface area contributed by atoms with Gasteiger partial charge in [-0.05, 0) is 48.4 Å². The van der Waals surface area contributed by atoms with E-state index >= 15 is 0 Å². The van der Waals surface area contributed by atoms with Crippen molar-refractivity contribution in [2.24, 2.45) is 0 Å². The van der Waals surface area contributed by atoms with Gasteiger partial charge in [0.15, 0.2) is 0 Å². The Kier molecular flexibility index (Phi) is 7.69. The molecule has 3 rings (SSSR count). The Labute approximate surface area is 182 Å². The highest BCUT2D eigenvalue weighted by atomic mass is 32.2. The summed E-state index contributed by atoms with van der Waals surface area (Å²) in [5, 5.41) is 2.91. The smallest absolute Gasteiger partial charge is 0.254 e. The van der Waals surface area contributed by atoms with Gasteiger partial charge in [-0.25, -0.2) is 0 Å². The molecule has 0 atom stereocenters. The predicted molar refractivity (Wildman–Crippen MR) is 124 cm³/mol. The monoisotopic (exact) mass is 418 g/mol. The first-order valence-corrected chi connectivity index (χ1v) is 11.1. The van der Waals surface area contributed by atoms with Crippen LogP contribution >= 0.6 is 11.8 Å². The summed E-state index contributed by atoms with van der Waals surface area (Å²) in [5.41, 5.74) is 3.64. The van der Waals surface area contributed by atoms with Crippen LogP contribution in [0.4, 0.5) is 5.69 Å². The molecule has 154 valence electrons. The second-order valence-corrected chi connectivity index (χ2v) is 7.90. The average molecular weight is 419 g/mol. The number of aryl methyl sites for hydroxylation is 2. The molecule has 0 bridgehead atoms. The highest BCUT2D eigenvalue weighted by Gasteiger charge is 2.18. The van der Waals surface area contributed by atoms with Crippen LogP contribution in [0.15, 0.2) is 83.8 Å². The Morgan fingerprint density at radius 1 is 0.867 bits per heavy atom. The van der Waals surface area contributed by atoms with Gasteiger partial charge < -0.3 is 10.2 Å². The number of carbonyl (C=O) groups excluding carboxylic acids is 2. The minimum absolute atomic E-state index is 0.00539. The predicted octanol–water partition coefficient (Wildman–Crippen LogP) is 4.90. The molecule has 0 saturated carbocycles. The zero-order valence-corrected chi connectivity index (χ0v) is 18.1. The maximum Gasteiger partial charge on any atom is 0.254 e. The third kappa shape index (κ3) is 5.74. The molecule has 5 heteroatoms. The second kappa shape index (κ2) is 10.6. The number of nitrogens with one attached hydrogen (secondary N) is 1. The van der Waals surface area contributed by atoms with Crippen molar-refractivity contribution in [2.45, 2.75) is 17.7 Å². The van der Waals surface area contributed by atoms with Gasteiger partial charge in [-0.3, -0.25) is 9.59 Å². The molecular formula is C25H26N2O2S. The van der Waals surface area contributed by atoms with Crippen molar-refractivity contribution in [3.05, 3.63) is 95.6 Å². The molecular weight excluding hydrogens is 392 g/mol. The molecule has 0 aliphatic rings. The number of thioether (sulfide) groups is 1. The van der Waals surface area contributed by atoms with Crippen LogP contribution in [-0.2, 0) is 17.6 Å². The van der Waals surface area contributed by atoms with Crippen molar-refractivity contribution < 1.29 is 9.59 Å². The number of nitrogens with zero attached hydrogens (tertiary/aromatic N) is 1. The normalized spacial score (nSPS) is 10.5. The Morgan fingerprint density at radius 3 is 2.30 bits per heavy atom. The average Bonchev–Trinajstić information content (AvgIpc) is 2.78. The van der Waals surface area contributed by atoms with Gasteiger partial charge in [0.1, 0.15) is 0 Å². The number of amides is 2. The van der Waals surface area contributed by atoms with E-state index in [2.05, 4.69) is 17.4 Å². The summed E-state index contributed by atoms with van der Waals surface area (Å²) in [5.74, 6) is -0.360. The van der Waals surface area contributed by atoms with Gasteiger partial charge in [-0.2, -0.15) is 0 Å². The Hall–Kier alpha value is -3.05. The van der Waals surface area contributed by atoms with Crippen LogP contribution in [0, 0.1) is 0 Å². The molecule has 30 heavy (non-hydrogen) atoms. The molecule has 3 aromatic rings. The number of anilines is 1. The number of para-hydroxylation sites is 1. The van der Waals surface area contributed by atoms with Crippen molar-refractivity contribution in [2.75, 3.05) is 25.2 Å². The van der Waals surface area contributed by atoms with Crippen molar-refractivity contribution in [1.82, 2.24) is 4.90 Å². The molecule has 3 aromatic carbocycles. The van der Waals surface area contributed by atoms with Gasteiger partial charge in [-0.15, -0.1) is 11.8 Å². The van der Waals surface area contributed by atoms with Gasteiger partial charge in [-0.1, -0.05) is 60.7 Å². The van der Waals surface area contributed by atoms with Gasteiger partial charge in [0.05, 0.1) is 12.2 Å². The molecule has 1 N–H and O–H groups in total. The zero-order valence-electron chi connectivity index (χ0n) is 17.3. The highest BCUT2D eigenvalue weighted by Crippen LogP contribution is 2.24. The summed E-state index contributed by atoms with van der Waals surface area (Å²) >= 11 is 1.57. The van der Waals surface area contributed by atoms with Gasteiger partial charge in [0, 0.05) is 17.5 Å². The van der Waals surface area contributed by atoms with Crippen molar-refractivity contribution in [3.8, 4) is 0 Å². The first kappa shape index (κ1) is 21.7. The van der Waals surface area contributed by atoms with Gasteiger partial charge in [0.25, 0.3) is 5.91 Å². The molecule has 0 fully saturated rings. The van der Waals surface area contributed by atoms with Crippen LogP contribution < -0.4 is 5.32 Å². The van der Waals surface area contributed by atoms with E-state index in [-0.39, 0.29) is 18.4 Å². The van der Waals surface area contributed by atoms with Crippen LogP contribution in [-0.4, -0.2) is 36.6 Å². The Morgan fingerprint density at radius 2 is 1.53 bits per heavy atom. The van der Waals surface area contributed by atoms with Crippen molar-refractivity contribution >= 4 is 29.3 Å². The van der Waals surface area contributed by atoms with Gasteiger partial charge >= 0.3 is 0 Å². The summed E-state index contributed by atoms with van der Waals surface area (Å²) < 4.78 is 0. The van der Waals surface area contributed by atoms with E-state index < -0.39 is 0 Å². The quantitative estimate of drug-likeness (QED) is 0.529. The van der Waals surface area contributed by atoms with E-state index in [0.717, 1.165) is 29.0 Å². The molecule has 0 aromatic heterocycles. The van der Waals surface area contributed by atoms with Crippen LogP contribution in [0.5, 0.6) is 0 Å². The number of hydrogen-bond donors (Lipinski definition) is 1. The molecule has 0 heterocycles. The lowest BCUT2D eigenvalue weighted by atomic mass is 9.99. The summed E-state index contributed by atoms with van der Waals surface area (Å²) in [7, 11) is 1.66. The Balaban J connectivity index is 1.65. The Bertz CT molecular complexity index is 1000. The topological polar surface area (TPSA) is 49.4 Å². The maximum absolute atomic E-state index is 13.0. The molecule has 0 spiro atoms. The third-order valence-corrected chi connectivity index (χ3v) is 5.68. The SMILES string of the molecule is CSc1ccccc1NC(=O)CN(C)C(=O)c1ccccc1CCc1ccccc1. The highest BCUT2D eigenvalue weighted by molar-refractivity contribution is 7.98. The molecule has 4 nitrogen and oxygen atoms in total. The van der Waals surface area contributed by atoms with E-state index in [0.29, 0.717) is 5.56 Å². The summed E-state index contributed by atoms with van der Waals surface area (Å²) in [6.07, 6.45) is 3.60. The maximum atomic E-state index is 13.0. The molecule has 0 aliphatic carbocycles. The van der Waals surface area contributed by atoms with Crippen molar-refractivity contribution in [3.63, 3.8) is 0 Å². The minimum Gasteiger partial charge on any atom is -0.332 e. The second-order valence-electron chi connectivity index (χ2n) is 7.05. The van der Waals surface area contributed by atoms with Crippen LogP contribution in [0.1, 0.15) is 21.5 Å². The fourth-order valence-electron chi connectivity index (χ4n) is 3.30. The first-order chi connectivity index (χ1) is 14.6. The molecule has 0 saturated heterocycles. The zero-order chi connectivity index (χ0) is 21.3. The number of carbonyl (C=O) groups is 2. The number of rotatable bonds is 8. The number of likely N-dealkylation sites (N-methyl/N-ethyl adjacent to an activating group) is 1. The van der Waals surface area contributed by atoms with E-state index in [9.17, 15) is 9.59 Å². The molecule has 0 unspecified atom stereocenters. The lowest BCUT2D eigenvalue weighted by Gasteiger charge is -2.19. The standard InChI is InChI=1S/C25H26N2O2S/c1-27(18-24(28)26-22-14-8-9-15-23(22)30-2)25(29)21-13-7-6-12-20(21)17-16-19-10-4-3-5-11-19/h3-15H,16-18H2,1-2H3,(H,26,28). The fraction of sp³-hybridized carbons (Fsp3) is 0.200. The minimum atomic E-state index is -0.214.